The Hall–Kier alpha value is -0.480. The van der Waals surface area contributed by atoms with Gasteiger partial charge in [0.05, 0.1) is 17.0 Å². The molecule has 0 amide bonds. The molecule has 0 spiro atoms. The number of ether oxygens (including phenoxy) is 1. The van der Waals surface area contributed by atoms with E-state index in [2.05, 4.69) is 15.9 Å². The van der Waals surface area contributed by atoms with Crippen LogP contribution < -0.4 is 4.74 Å². The summed E-state index contributed by atoms with van der Waals surface area (Å²) in [6.07, 6.45) is 2.00. The second-order valence-corrected chi connectivity index (χ2v) is 5.53. The van der Waals surface area contributed by atoms with Crippen molar-refractivity contribution in [1.29, 1.82) is 0 Å². The van der Waals surface area contributed by atoms with E-state index in [1.807, 2.05) is 38.3 Å². The summed E-state index contributed by atoms with van der Waals surface area (Å²) in [5, 5.41) is 0. The highest BCUT2D eigenvalue weighted by atomic mass is 79.9. The van der Waals surface area contributed by atoms with Gasteiger partial charge in [-0.15, -0.1) is 11.8 Å². The summed E-state index contributed by atoms with van der Waals surface area (Å²) in [5.41, 5.74) is 0.643. The number of carbonyl (C=O) groups excluding carboxylic acids is 1. The topological polar surface area (TPSA) is 26.3 Å². The number of alkyl halides is 1. The molecule has 0 radical (unpaired) electrons. The number of carbonyl (C=O) groups is 1. The van der Waals surface area contributed by atoms with Crippen molar-refractivity contribution < 1.29 is 9.53 Å². The minimum absolute atomic E-state index is 0.0519. The summed E-state index contributed by atoms with van der Waals surface area (Å²) in [5.74, 6) is 0.724. The first-order chi connectivity index (χ1) is 7.60. The van der Waals surface area contributed by atoms with Crippen molar-refractivity contribution in [3.05, 3.63) is 23.8 Å². The Morgan fingerprint density at radius 2 is 2.25 bits per heavy atom. The van der Waals surface area contributed by atoms with Crippen LogP contribution in [-0.4, -0.2) is 23.5 Å². The normalized spacial score (nSPS) is 12.2. The molecule has 0 bridgehead atoms. The van der Waals surface area contributed by atoms with Crippen molar-refractivity contribution in [1.82, 2.24) is 0 Å². The Morgan fingerprint density at radius 1 is 1.56 bits per heavy atom. The van der Waals surface area contributed by atoms with Gasteiger partial charge >= 0.3 is 0 Å². The van der Waals surface area contributed by atoms with Gasteiger partial charge in [0, 0.05) is 4.90 Å². The lowest BCUT2D eigenvalue weighted by Gasteiger charge is -2.11. The van der Waals surface area contributed by atoms with Crippen molar-refractivity contribution in [2.45, 2.75) is 23.6 Å². The molecule has 1 atom stereocenters. The Morgan fingerprint density at radius 3 is 2.75 bits per heavy atom. The second-order valence-electron chi connectivity index (χ2n) is 3.28. The quantitative estimate of drug-likeness (QED) is 0.470. The fourth-order valence-electron chi connectivity index (χ4n) is 1.32. The van der Waals surface area contributed by atoms with Crippen LogP contribution in [0.2, 0.25) is 0 Å². The van der Waals surface area contributed by atoms with Crippen LogP contribution in [0.3, 0.4) is 0 Å². The van der Waals surface area contributed by atoms with Crippen LogP contribution in [0, 0.1) is 0 Å². The maximum absolute atomic E-state index is 11.9. The molecule has 16 heavy (non-hydrogen) atoms. The zero-order valence-corrected chi connectivity index (χ0v) is 12.0. The van der Waals surface area contributed by atoms with E-state index in [9.17, 15) is 4.79 Å². The van der Waals surface area contributed by atoms with Crippen LogP contribution >= 0.6 is 27.7 Å². The molecule has 0 fully saturated rings. The van der Waals surface area contributed by atoms with Gasteiger partial charge in [-0.25, -0.2) is 0 Å². The molecule has 1 aromatic carbocycles. The molecule has 0 aliphatic rings. The zero-order valence-electron chi connectivity index (χ0n) is 9.62. The van der Waals surface area contributed by atoms with E-state index in [-0.39, 0.29) is 10.6 Å². The number of thioether (sulfide) groups is 1. The minimum Gasteiger partial charge on any atom is -0.493 e. The smallest absolute Gasteiger partial charge is 0.179 e. The molecule has 0 saturated carbocycles. The van der Waals surface area contributed by atoms with Gasteiger partial charge in [-0.05, 0) is 38.3 Å². The van der Waals surface area contributed by atoms with E-state index in [1.165, 1.54) is 0 Å². The fraction of sp³-hybridized carbons (Fsp3) is 0.417. The molecular formula is C12H15BrO2S. The van der Waals surface area contributed by atoms with Crippen LogP contribution in [0.4, 0.5) is 0 Å². The number of hydrogen-bond donors (Lipinski definition) is 0. The van der Waals surface area contributed by atoms with E-state index in [1.54, 1.807) is 11.8 Å². The first-order valence-electron chi connectivity index (χ1n) is 5.09. The largest absolute Gasteiger partial charge is 0.493 e. The maximum Gasteiger partial charge on any atom is 0.179 e. The number of rotatable bonds is 5. The van der Waals surface area contributed by atoms with Gasteiger partial charge in [-0.3, -0.25) is 4.79 Å². The molecule has 0 aliphatic carbocycles. The monoisotopic (exact) mass is 302 g/mol. The fourth-order valence-corrected chi connectivity index (χ4v) is 2.00. The standard InChI is InChI=1S/C12H15BrO2S/c1-4-15-11-7-9(16-3)5-6-10(11)12(14)8(2)13/h5-8H,4H2,1-3H3. The van der Waals surface area contributed by atoms with Crippen molar-refractivity contribution in [3.8, 4) is 5.75 Å². The minimum atomic E-state index is -0.188. The molecular weight excluding hydrogens is 288 g/mol. The summed E-state index contributed by atoms with van der Waals surface area (Å²) in [7, 11) is 0. The van der Waals surface area contributed by atoms with E-state index >= 15 is 0 Å². The predicted octanol–water partition coefficient (Wildman–Crippen LogP) is 3.77. The highest BCUT2D eigenvalue weighted by molar-refractivity contribution is 9.10. The summed E-state index contributed by atoms with van der Waals surface area (Å²) in [6, 6.07) is 5.68. The van der Waals surface area contributed by atoms with E-state index in [0.717, 1.165) is 4.90 Å². The van der Waals surface area contributed by atoms with Crippen LogP contribution in [0.25, 0.3) is 0 Å². The summed E-state index contributed by atoms with van der Waals surface area (Å²) >= 11 is 4.92. The Bertz CT molecular complexity index is 377. The number of benzene rings is 1. The lowest BCUT2D eigenvalue weighted by Crippen LogP contribution is -2.12. The van der Waals surface area contributed by atoms with E-state index in [0.29, 0.717) is 17.9 Å². The highest BCUT2D eigenvalue weighted by Crippen LogP contribution is 2.27. The molecule has 0 aromatic heterocycles. The van der Waals surface area contributed by atoms with Gasteiger partial charge in [-0.1, -0.05) is 15.9 Å². The molecule has 0 saturated heterocycles. The van der Waals surface area contributed by atoms with Gasteiger partial charge in [0.15, 0.2) is 5.78 Å². The third-order valence-corrected chi connectivity index (χ3v) is 3.26. The molecule has 88 valence electrons. The molecule has 0 heterocycles. The van der Waals surface area contributed by atoms with Crippen molar-refractivity contribution >= 4 is 33.5 Å². The Kier molecular flexibility index (Phi) is 5.35. The lowest BCUT2D eigenvalue weighted by atomic mass is 10.1. The molecule has 2 nitrogen and oxygen atoms in total. The van der Waals surface area contributed by atoms with Gasteiger partial charge in [0.2, 0.25) is 0 Å². The highest BCUT2D eigenvalue weighted by Gasteiger charge is 2.17. The molecule has 1 unspecified atom stereocenters. The predicted molar refractivity (Wildman–Crippen MR) is 72.1 cm³/mol. The average Bonchev–Trinajstić information content (AvgIpc) is 2.28. The van der Waals surface area contributed by atoms with Gasteiger partial charge in [0.25, 0.3) is 0 Å². The van der Waals surface area contributed by atoms with E-state index in [4.69, 9.17) is 4.74 Å². The first kappa shape index (κ1) is 13.6. The average molecular weight is 303 g/mol. The summed E-state index contributed by atoms with van der Waals surface area (Å²) in [6.45, 7) is 4.30. The number of Topliss-reactive ketones (excluding diaryl/α,β-unsaturated/α-hetero) is 1. The van der Waals surface area contributed by atoms with Crippen LogP contribution in [0.1, 0.15) is 24.2 Å². The summed E-state index contributed by atoms with van der Waals surface area (Å²) in [4.78, 5) is 12.8. The van der Waals surface area contributed by atoms with Crippen LogP contribution in [0.5, 0.6) is 5.75 Å². The molecule has 1 rings (SSSR count). The van der Waals surface area contributed by atoms with Crippen molar-refractivity contribution in [2.75, 3.05) is 12.9 Å². The van der Waals surface area contributed by atoms with Gasteiger partial charge < -0.3 is 4.74 Å². The Balaban J connectivity index is 3.12. The number of hydrogen-bond acceptors (Lipinski definition) is 3. The number of halogens is 1. The third-order valence-electron chi connectivity index (χ3n) is 2.12. The van der Waals surface area contributed by atoms with Crippen molar-refractivity contribution in [3.63, 3.8) is 0 Å². The molecule has 4 heteroatoms. The lowest BCUT2D eigenvalue weighted by molar-refractivity contribution is 0.0992. The second kappa shape index (κ2) is 6.30. The first-order valence-corrected chi connectivity index (χ1v) is 7.23. The summed E-state index contributed by atoms with van der Waals surface area (Å²) < 4.78 is 5.50. The molecule has 1 aromatic rings. The third kappa shape index (κ3) is 3.25. The SMILES string of the molecule is CCOc1cc(SC)ccc1C(=O)C(C)Br. The van der Waals surface area contributed by atoms with Crippen molar-refractivity contribution in [2.24, 2.45) is 0 Å². The van der Waals surface area contributed by atoms with E-state index < -0.39 is 0 Å². The van der Waals surface area contributed by atoms with Crippen LogP contribution in [-0.2, 0) is 0 Å². The zero-order chi connectivity index (χ0) is 12.1. The van der Waals surface area contributed by atoms with Gasteiger partial charge in [-0.2, -0.15) is 0 Å². The maximum atomic E-state index is 11.9. The van der Waals surface area contributed by atoms with Gasteiger partial charge in [0.1, 0.15) is 5.75 Å². The Labute approximate surface area is 109 Å². The number of ketones is 1. The molecule has 0 N–H and O–H groups in total. The van der Waals surface area contributed by atoms with Crippen LogP contribution in [0.15, 0.2) is 23.1 Å². The molecule has 0 aliphatic heterocycles.